The standard InChI is InChI=1S/C12H24F3N3O/c1-4-7-17-11(2,10(16)19)6-5-8-18(3)9-12(13,14)15/h17H,4-9H2,1-3H3,(H2,16,19). The number of nitrogens with zero attached hydrogens (tertiary/aromatic N) is 1. The second kappa shape index (κ2) is 7.69. The minimum Gasteiger partial charge on any atom is -0.368 e. The Labute approximate surface area is 112 Å². The van der Waals surface area contributed by atoms with Crippen molar-refractivity contribution < 1.29 is 18.0 Å². The third-order valence-electron chi connectivity index (χ3n) is 2.97. The van der Waals surface area contributed by atoms with E-state index in [0.29, 0.717) is 19.4 Å². The van der Waals surface area contributed by atoms with E-state index in [-0.39, 0.29) is 6.54 Å². The quantitative estimate of drug-likeness (QED) is 0.674. The van der Waals surface area contributed by atoms with Gasteiger partial charge in [-0.05, 0) is 46.3 Å². The molecule has 0 aromatic carbocycles. The fourth-order valence-corrected chi connectivity index (χ4v) is 1.79. The Kier molecular flexibility index (Phi) is 7.36. The molecule has 0 aromatic heterocycles. The van der Waals surface area contributed by atoms with Crippen LogP contribution in [-0.4, -0.2) is 49.2 Å². The summed E-state index contributed by atoms with van der Waals surface area (Å²) in [6, 6.07) is 0. The van der Waals surface area contributed by atoms with Gasteiger partial charge in [-0.3, -0.25) is 9.69 Å². The van der Waals surface area contributed by atoms with Gasteiger partial charge in [-0.15, -0.1) is 0 Å². The van der Waals surface area contributed by atoms with Crippen molar-refractivity contribution in [1.29, 1.82) is 0 Å². The van der Waals surface area contributed by atoms with E-state index in [2.05, 4.69) is 5.32 Å². The lowest BCUT2D eigenvalue weighted by Gasteiger charge is -2.28. The number of carbonyl (C=O) groups excluding carboxylic acids is 1. The van der Waals surface area contributed by atoms with Gasteiger partial charge in [0.25, 0.3) is 0 Å². The first-order valence-electron chi connectivity index (χ1n) is 6.41. The van der Waals surface area contributed by atoms with Gasteiger partial charge in [0.2, 0.25) is 5.91 Å². The topological polar surface area (TPSA) is 58.4 Å². The first-order valence-corrected chi connectivity index (χ1v) is 6.41. The first-order chi connectivity index (χ1) is 8.60. The molecule has 0 heterocycles. The van der Waals surface area contributed by atoms with Crippen molar-refractivity contribution >= 4 is 5.91 Å². The molecule has 0 aliphatic heterocycles. The van der Waals surface area contributed by atoms with Crippen molar-refractivity contribution in [2.24, 2.45) is 5.73 Å². The molecule has 4 nitrogen and oxygen atoms in total. The molecular formula is C12H24F3N3O. The molecule has 0 saturated heterocycles. The minimum atomic E-state index is -4.19. The summed E-state index contributed by atoms with van der Waals surface area (Å²) in [7, 11) is 1.41. The molecule has 0 spiro atoms. The first kappa shape index (κ1) is 18.2. The molecule has 1 unspecified atom stereocenters. The summed E-state index contributed by atoms with van der Waals surface area (Å²) in [6.45, 7) is 3.64. The molecule has 19 heavy (non-hydrogen) atoms. The number of nitrogens with one attached hydrogen (secondary N) is 1. The highest BCUT2D eigenvalue weighted by Gasteiger charge is 2.31. The Morgan fingerprint density at radius 3 is 2.37 bits per heavy atom. The van der Waals surface area contributed by atoms with Crippen LogP contribution in [0.1, 0.15) is 33.1 Å². The van der Waals surface area contributed by atoms with Crippen molar-refractivity contribution in [3.05, 3.63) is 0 Å². The lowest BCUT2D eigenvalue weighted by atomic mass is 9.94. The summed E-state index contributed by atoms with van der Waals surface area (Å²) >= 11 is 0. The fourth-order valence-electron chi connectivity index (χ4n) is 1.79. The highest BCUT2D eigenvalue weighted by Crippen LogP contribution is 2.17. The zero-order valence-electron chi connectivity index (χ0n) is 11.8. The fraction of sp³-hybridized carbons (Fsp3) is 0.917. The van der Waals surface area contributed by atoms with E-state index in [1.165, 1.54) is 11.9 Å². The zero-order chi connectivity index (χ0) is 15.1. The van der Waals surface area contributed by atoms with Gasteiger partial charge < -0.3 is 11.1 Å². The number of carbonyl (C=O) groups is 1. The normalized spacial score (nSPS) is 15.5. The Morgan fingerprint density at radius 1 is 1.37 bits per heavy atom. The highest BCUT2D eigenvalue weighted by atomic mass is 19.4. The van der Waals surface area contributed by atoms with Gasteiger partial charge in [0.05, 0.1) is 12.1 Å². The van der Waals surface area contributed by atoms with E-state index < -0.39 is 24.2 Å². The monoisotopic (exact) mass is 283 g/mol. The van der Waals surface area contributed by atoms with E-state index in [9.17, 15) is 18.0 Å². The van der Waals surface area contributed by atoms with Crippen LogP contribution >= 0.6 is 0 Å². The molecular weight excluding hydrogens is 259 g/mol. The Bertz CT molecular complexity index is 284. The average molecular weight is 283 g/mol. The molecule has 1 atom stereocenters. The molecule has 0 aliphatic rings. The van der Waals surface area contributed by atoms with Crippen molar-refractivity contribution in [3.63, 3.8) is 0 Å². The van der Waals surface area contributed by atoms with Crippen LogP contribution in [0.25, 0.3) is 0 Å². The largest absolute Gasteiger partial charge is 0.401 e. The van der Waals surface area contributed by atoms with Gasteiger partial charge in [0.15, 0.2) is 0 Å². The van der Waals surface area contributed by atoms with Gasteiger partial charge in [0, 0.05) is 0 Å². The number of hydrogen-bond donors (Lipinski definition) is 2. The summed E-state index contributed by atoms with van der Waals surface area (Å²) in [4.78, 5) is 12.6. The van der Waals surface area contributed by atoms with Crippen LogP contribution in [0.5, 0.6) is 0 Å². The lowest BCUT2D eigenvalue weighted by molar-refractivity contribution is -0.143. The maximum Gasteiger partial charge on any atom is 0.401 e. The van der Waals surface area contributed by atoms with Crippen molar-refractivity contribution in [2.45, 2.75) is 44.8 Å². The van der Waals surface area contributed by atoms with E-state index in [1.807, 2.05) is 6.92 Å². The molecule has 114 valence electrons. The van der Waals surface area contributed by atoms with Gasteiger partial charge in [-0.25, -0.2) is 0 Å². The molecule has 0 fully saturated rings. The zero-order valence-corrected chi connectivity index (χ0v) is 11.8. The third kappa shape index (κ3) is 8.05. The Balaban J connectivity index is 4.16. The number of amides is 1. The molecule has 0 bridgehead atoms. The summed E-state index contributed by atoms with van der Waals surface area (Å²) in [5, 5.41) is 3.05. The molecule has 7 heteroatoms. The van der Waals surface area contributed by atoms with E-state index in [1.54, 1.807) is 6.92 Å². The van der Waals surface area contributed by atoms with E-state index in [0.717, 1.165) is 6.42 Å². The number of hydrogen-bond acceptors (Lipinski definition) is 3. The molecule has 0 saturated carbocycles. The van der Waals surface area contributed by atoms with Gasteiger partial charge in [0.1, 0.15) is 0 Å². The van der Waals surface area contributed by atoms with Crippen LogP contribution < -0.4 is 11.1 Å². The number of rotatable bonds is 9. The third-order valence-corrected chi connectivity index (χ3v) is 2.97. The average Bonchev–Trinajstić information content (AvgIpc) is 2.23. The number of nitrogens with two attached hydrogens (primary N) is 1. The lowest BCUT2D eigenvalue weighted by Crippen LogP contribution is -2.53. The van der Waals surface area contributed by atoms with Crippen LogP contribution in [0.3, 0.4) is 0 Å². The van der Waals surface area contributed by atoms with Crippen molar-refractivity contribution in [3.8, 4) is 0 Å². The van der Waals surface area contributed by atoms with Gasteiger partial charge in [-0.2, -0.15) is 13.2 Å². The Morgan fingerprint density at radius 2 is 1.95 bits per heavy atom. The smallest absolute Gasteiger partial charge is 0.368 e. The van der Waals surface area contributed by atoms with Crippen LogP contribution in [-0.2, 0) is 4.79 Å². The molecule has 0 aliphatic carbocycles. The van der Waals surface area contributed by atoms with Crippen LogP contribution in [0, 0.1) is 0 Å². The molecule has 1 amide bonds. The molecule has 3 N–H and O–H groups in total. The maximum atomic E-state index is 12.1. The van der Waals surface area contributed by atoms with Crippen molar-refractivity contribution in [2.75, 3.05) is 26.7 Å². The Hall–Kier alpha value is -0.820. The predicted octanol–water partition coefficient (Wildman–Crippen LogP) is 1.50. The maximum absolute atomic E-state index is 12.1. The number of primary amides is 1. The SMILES string of the molecule is CCCNC(C)(CCCN(C)CC(F)(F)F)C(N)=O. The summed E-state index contributed by atoms with van der Waals surface area (Å²) < 4.78 is 36.4. The summed E-state index contributed by atoms with van der Waals surface area (Å²) in [6.07, 6.45) is -2.44. The molecule has 0 aromatic rings. The number of alkyl halides is 3. The van der Waals surface area contributed by atoms with E-state index in [4.69, 9.17) is 5.73 Å². The molecule has 0 rings (SSSR count). The van der Waals surface area contributed by atoms with Gasteiger partial charge >= 0.3 is 6.18 Å². The second-order valence-electron chi connectivity index (χ2n) is 5.08. The van der Waals surface area contributed by atoms with Crippen LogP contribution in [0.15, 0.2) is 0 Å². The van der Waals surface area contributed by atoms with Crippen LogP contribution in [0.2, 0.25) is 0 Å². The van der Waals surface area contributed by atoms with Crippen LogP contribution in [0.4, 0.5) is 13.2 Å². The van der Waals surface area contributed by atoms with Crippen molar-refractivity contribution in [1.82, 2.24) is 10.2 Å². The van der Waals surface area contributed by atoms with E-state index >= 15 is 0 Å². The number of halogens is 3. The summed E-state index contributed by atoms with van der Waals surface area (Å²) in [5.41, 5.74) is 4.48. The minimum absolute atomic E-state index is 0.274. The second-order valence-corrected chi connectivity index (χ2v) is 5.08. The predicted molar refractivity (Wildman–Crippen MR) is 68.7 cm³/mol. The highest BCUT2D eigenvalue weighted by molar-refractivity contribution is 5.84. The van der Waals surface area contributed by atoms with Gasteiger partial charge in [-0.1, -0.05) is 6.92 Å². The molecule has 0 radical (unpaired) electrons. The summed E-state index contributed by atoms with van der Waals surface area (Å²) in [5.74, 6) is -0.473.